The van der Waals surface area contributed by atoms with Crippen LogP contribution in [0.4, 0.5) is 0 Å². The van der Waals surface area contributed by atoms with Crippen molar-refractivity contribution in [1.82, 2.24) is 15.1 Å². The summed E-state index contributed by atoms with van der Waals surface area (Å²) >= 11 is 6.20. The Hall–Kier alpha value is -2.46. The van der Waals surface area contributed by atoms with Crippen molar-refractivity contribution in [3.63, 3.8) is 0 Å². The van der Waals surface area contributed by atoms with Crippen LogP contribution in [0.3, 0.4) is 0 Å². The molecule has 2 heterocycles. The van der Waals surface area contributed by atoms with Crippen molar-refractivity contribution < 1.29 is 4.52 Å². The van der Waals surface area contributed by atoms with Crippen LogP contribution in [0, 0.1) is 13.8 Å². The van der Waals surface area contributed by atoms with Crippen molar-refractivity contribution in [2.24, 2.45) is 0 Å². The van der Waals surface area contributed by atoms with Gasteiger partial charge in [0.15, 0.2) is 0 Å². The Morgan fingerprint density at radius 2 is 1.82 bits per heavy atom. The Bertz CT molecular complexity index is 802. The lowest BCUT2D eigenvalue weighted by Gasteiger charge is -2.04. The molecule has 0 aliphatic heterocycles. The normalized spacial score (nSPS) is 11.2. The van der Waals surface area contributed by atoms with Crippen molar-refractivity contribution in [2.75, 3.05) is 0 Å². The van der Waals surface area contributed by atoms with Crippen molar-refractivity contribution in [3.05, 3.63) is 64.3 Å². The number of nitrogens with zero attached hydrogens (tertiary/aromatic N) is 3. The molecule has 4 nitrogen and oxygen atoms in total. The van der Waals surface area contributed by atoms with Crippen LogP contribution >= 0.6 is 11.6 Å². The van der Waals surface area contributed by atoms with Gasteiger partial charge in [-0.15, -0.1) is 0 Å². The van der Waals surface area contributed by atoms with E-state index in [9.17, 15) is 0 Å². The largest absolute Gasteiger partial charge is 0.334 e. The van der Waals surface area contributed by atoms with E-state index in [1.54, 1.807) is 6.08 Å². The molecule has 110 valence electrons. The Kier molecular flexibility index (Phi) is 4.02. The topological polar surface area (TPSA) is 51.8 Å². The van der Waals surface area contributed by atoms with Crippen LogP contribution in [-0.4, -0.2) is 15.1 Å². The van der Waals surface area contributed by atoms with Gasteiger partial charge in [0.2, 0.25) is 5.82 Å². The van der Waals surface area contributed by atoms with E-state index in [1.807, 2.05) is 56.3 Å². The molecular weight excluding hydrogens is 298 g/mol. The molecule has 0 fully saturated rings. The minimum absolute atomic E-state index is 0.386. The van der Waals surface area contributed by atoms with Crippen molar-refractivity contribution in [3.8, 4) is 11.4 Å². The van der Waals surface area contributed by atoms with Crippen molar-refractivity contribution in [1.29, 1.82) is 0 Å². The molecule has 0 amide bonds. The van der Waals surface area contributed by atoms with Gasteiger partial charge in [0.25, 0.3) is 5.89 Å². The summed E-state index contributed by atoms with van der Waals surface area (Å²) in [4.78, 5) is 8.60. The Morgan fingerprint density at radius 3 is 2.55 bits per heavy atom. The van der Waals surface area contributed by atoms with E-state index >= 15 is 0 Å². The number of rotatable bonds is 3. The molecule has 22 heavy (non-hydrogen) atoms. The van der Waals surface area contributed by atoms with Crippen LogP contribution in [-0.2, 0) is 0 Å². The molecule has 2 aromatic heterocycles. The Labute approximate surface area is 133 Å². The zero-order valence-electron chi connectivity index (χ0n) is 12.2. The highest BCUT2D eigenvalue weighted by atomic mass is 35.5. The average Bonchev–Trinajstić information content (AvgIpc) is 2.94. The highest BCUT2D eigenvalue weighted by molar-refractivity contribution is 6.32. The number of hydrogen-bond donors (Lipinski definition) is 0. The predicted octanol–water partition coefficient (Wildman–Crippen LogP) is 4.57. The number of benzene rings is 1. The Balaban J connectivity index is 1.90. The third-order valence-electron chi connectivity index (χ3n) is 3.18. The minimum atomic E-state index is 0.386. The van der Waals surface area contributed by atoms with Crippen LogP contribution < -0.4 is 0 Å². The summed E-state index contributed by atoms with van der Waals surface area (Å²) in [6.45, 7) is 3.85. The molecule has 0 spiro atoms. The summed E-state index contributed by atoms with van der Waals surface area (Å²) in [6.07, 6.45) is 3.69. The fourth-order valence-corrected chi connectivity index (χ4v) is 2.56. The van der Waals surface area contributed by atoms with Gasteiger partial charge in [0.1, 0.15) is 5.15 Å². The number of halogens is 1. The molecule has 5 heteroatoms. The molecule has 0 saturated carbocycles. The smallest absolute Gasteiger partial charge is 0.250 e. The molecule has 0 unspecified atom stereocenters. The summed E-state index contributed by atoms with van der Waals surface area (Å²) in [5.41, 5.74) is 3.60. The SMILES string of the molecule is Cc1cc(C)c(-c2noc(C=Cc3ccccc3)n2)c(Cl)n1. The highest BCUT2D eigenvalue weighted by Crippen LogP contribution is 2.28. The number of aryl methyl sites for hydroxylation is 2. The number of aromatic nitrogens is 3. The van der Waals surface area contributed by atoms with Gasteiger partial charge < -0.3 is 4.52 Å². The summed E-state index contributed by atoms with van der Waals surface area (Å²) in [7, 11) is 0. The fraction of sp³-hybridized carbons (Fsp3) is 0.118. The molecule has 0 saturated heterocycles. The number of hydrogen-bond acceptors (Lipinski definition) is 4. The lowest BCUT2D eigenvalue weighted by molar-refractivity contribution is 0.411. The zero-order chi connectivity index (χ0) is 15.5. The van der Waals surface area contributed by atoms with E-state index in [0.29, 0.717) is 22.4 Å². The van der Waals surface area contributed by atoms with Crippen molar-refractivity contribution in [2.45, 2.75) is 13.8 Å². The summed E-state index contributed by atoms with van der Waals surface area (Å²) in [5.74, 6) is 0.873. The fourth-order valence-electron chi connectivity index (χ4n) is 2.20. The summed E-state index contributed by atoms with van der Waals surface area (Å²) in [6, 6.07) is 11.9. The van der Waals surface area contributed by atoms with Gasteiger partial charge in [-0.3, -0.25) is 0 Å². The maximum atomic E-state index is 6.20. The third kappa shape index (κ3) is 3.07. The van der Waals surface area contributed by atoms with E-state index in [0.717, 1.165) is 16.8 Å². The van der Waals surface area contributed by atoms with Gasteiger partial charge in [-0.1, -0.05) is 47.1 Å². The van der Waals surface area contributed by atoms with Crippen LogP contribution in [0.1, 0.15) is 22.7 Å². The van der Waals surface area contributed by atoms with Crippen LogP contribution in [0.5, 0.6) is 0 Å². The van der Waals surface area contributed by atoms with E-state index in [4.69, 9.17) is 16.1 Å². The lowest BCUT2D eigenvalue weighted by Crippen LogP contribution is -1.92. The predicted molar refractivity (Wildman–Crippen MR) is 87.4 cm³/mol. The molecular formula is C17H14ClN3O. The quantitative estimate of drug-likeness (QED) is 0.665. The lowest BCUT2D eigenvalue weighted by atomic mass is 10.1. The molecule has 3 aromatic rings. The first kappa shape index (κ1) is 14.5. The first-order chi connectivity index (χ1) is 10.6. The van der Waals surface area contributed by atoms with Crippen molar-refractivity contribution >= 4 is 23.8 Å². The zero-order valence-corrected chi connectivity index (χ0v) is 13.0. The molecule has 0 bridgehead atoms. The monoisotopic (exact) mass is 311 g/mol. The van der Waals surface area contributed by atoms with Gasteiger partial charge in [-0.2, -0.15) is 4.98 Å². The minimum Gasteiger partial charge on any atom is -0.334 e. The Morgan fingerprint density at radius 1 is 1.05 bits per heavy atom. The standard InChI is InChI=1S/C17H14ClN3O/c1-11-10-12(2)19-16(18)15(11)17-20-14(22-21-17)9-8-13-6-4-3-5-7-13/h3-10H,1-2H3. The molecule has 0 N–H and O–H groups in total. The molecule has 0 atom stereocenters. The number of pyridine rings is 1. The first-order valence-electron chi connectivity index (χ1n) is 6.84. The summed E-state index contributed by atoms with van der Waals surface area (Å²) in [5, 5.41) is 4.37. The second-order valence-corrected chi connectivity index (χ2v) is 5.30. The van der Waals surface area contributed by atoms with Gasteiger partial charge >= 0.3 is 0 Å². The van der Waals surface area contributed by atoms with Crippen LogP contribution in [0.2, 0.25) is 5.15 Å². The van der Waals surface area contributed by atoms with Gasteiger partial charge in [0, 0.05) is 11.8 Å². The van der Waals surface area contributed by atoms with E-state index in [2.05, 4.69) is 15.1 Å². The maximum Gasteiger partial charge on any atom is 0.250 e. The molecule has 3 rings (SSSR count). The molecule has 0 aliphatic rings. The van der Waals surface area contributed by atoms with Gasteiger partial charge in [-0.05, 0) is 37.1 Å². The molecule has 1 aromatic carbocycles. The van der Waals surface area contributed by atoms with Crippen LogP contribution in [0.25, 0.3) is 23.5 Å². The van der Waals surface area contributed by atoms with E-state index in [1.165, 1.54) is 0 Å². The van der Waals surface area contributed by atoms with Crippen LogP contribution in [0.15, 0.2) is 40.9 Å². The second-order valence-electron chi connectivity index (χ2n) is 4.95. The molecule has 0 aliphatic carbocycles. The third-order valence-corrected chi connectivity index (χ3v) is 3.46. The van der Waals surface area contributed by atoms with Gasteiger partial charge in [0.05, 0.1) is 5.56 Å². The second kappa shape index (κ2) is 6.12. The first-order valence-corrected chi connectivity index (χ1v) is 7.22. The summed E-state index contributed by atoms with van der Waals surface area (Å²) < 4.78 is 5.25. The maximum absolute atomic E-state index is 6.20. The van der Waals surface area contributed by atoms with E-state index < -0.39 is 0 Å². The highest BCUT2D eigenvalue weighted by Gasteiger charge is 2.15. The average molecular weight is 312 g/mol. The van der Waals surface area contributed by atoms with E-state index in [-0.39, 0.29) is 0 Å². The molecule has 0 radical (unpaired) electrons. The van der Waals surface area contributed by atoms with Gasteiger partial charge in [-0.25, -0.2) is 4.98 Å².